The zero-order valence-electron chi connectivity index (χ0n) is 17.4. The zero-order valence-corrected chi connectivity index (χ0v) is 18.2. The first-order valence-corrected chi connectivity index (χ1v) is 11.7. The van der Waals surface area contributed by atoms with E-state index < -0.39 is 15.8 Å². The highest BCUT2D eigenvalue weighted by molar-refractivity contribution is 7.89. The van der Waals surface area contributed by atoms with E-state index in [2.05, 4.69) is 14.8 Å². The minimum atomic E-state index is -3.54. The maximum Gasteiger partial charge on any atom is 0.244 e. The number of sulfonamides is 1. The first kappa shape index (κ1) is 21.5. The van der Waals surface area contributed by atoms with Crippen molar-refractivity contribution in [3.8, 4) is 6.07 Å². The zero-order chi connectivity index (χ0) is 22.0. The fourth-order valence-corrected chi connectivity index (χ4v) is 5.32. The fourth-order valence-electron chi connectivity index (χ4n) is 3.95. The van der Waals surface area contributed by atoms with Crippen molar-refractivity contribution in [2.75, 3.05) is 69.2 Å². The van der Waals surface area contributed by atoms with E-state index in [1.54, 1.807) is 24.3 Å². The third kappa shape index (κ3) is 4.35. The molecule has 2 aromatic rings. The molecule has 0 aliphatic carbocycles. The van der Waals surface area contributed by atoms with Crippen LogP contribution in [0.5, 0.6) is 0 Å². The highest BCUT2D eigenvalue weighted by atomic mass is 32.2. The summed E-state index contributed by atoms with van der Waals surface area (Å²) in [4.78, 5) is 10.8. The molecule has 2 saturated heterocycles. The van der Waals surface area contributed by atoms with Crippen LogP contribution in [-0.4, -0.2) is 82.0 Å². The molecule has 4 rings (SSSR count). The summed E-state index contributed by atoms with van der Waals surface area (Å²) in [6.07, 6.45) is 1.43. The van der Waals surface area contributed by atoms with E-state index in [0.717, 1.165) is 0 Å². The van der Waals surface area contributed by atoms with Crippen LogP contribution in [-0.2, 0) is 10.0 Å². The number of piperazine rings is 2. The minimum Gasteiger partial charge on any atom is -0.367 e. The van der Waals surface area contributed by atoms with Crippen LogP contribution >= 0.6 is 0 Å². The first-order chi connectivity index (χ1) is 14.9. The molecule has 2 fully saturated rings. The Morgan fingerprint density at radius 3 is 2.26 bits per heavy atom. The number of benzene rings is 1. The number of likely N-dealkylation sites (N-methyl/N-ethyl adjacent to an activating group) is 1. The predicted molar refractivity (Wildman–Crippen MR) is 116 cm³/mol. The van der Waals surface area contributed by atoms with Gasteiger partial charge in [-0.05, 0) is 31.3 Å². The van der Waals surface area contributed by atoms with Crippen LogP contribution in [0.4, 0.5) is 15.9 Å². The summed E-state index contributed by atoms with van der Waals surface area (Å²) in [5.74, 6) is 0.193. The number of rotatable bonds is 4. The monoisotopic (exact) mass is 444 g/mol. The van der Waals surface area contributed by atoms with Crippen LogP contribution < -0.4 is 9.80 Å². The van der Waals surface area contributed by atoms with E-state index in [1.165, 1.54) is 16.6 Å². The molecule has 1 aromatic heterocycles. The molecule has 0 radical (unpaired) electrons. The predicted octanol–water partition coefficient (Wildman–Crippen LogP) is 1.36. The van der Waals surface area contributed by atoms with E-state index in [0.29, 0.717) is 63.9 Å². The minimum absolute atomic E-state index is 0.0625. The molecule has 3 heterocycles. The molecule has 8 nitrogen and oxygen atoms in total. The number of pyridine rings is 1. The topological polar surface area (TPSA) is 83.8 Å². The number of aromatic nitrogens is 1. The van der Waals surface area contributed by atoms with Crippen molar-refractivity contribution in [1.29, 1.82) is 5.26 Å². The Kier molecular flexibility index (Phi) is 6.09. The van der Waals surface area contributed by atoms with Gasteiger partial charge in [0.15, 0.2) is 0 Å². The van der Waals surface area contributed by atoms with E-state index >= 15 is 0 Å². The maximum atomic E-state index is 13.9. The highest BCUT2D eigenvalue weighted by Crippen LogP contribution is 2.25. The lowest BCUT2D eigenvalue weighted by molar-refractivity contribution is 0.222. The Balaban J connectivity index is 1.42. The van der Waals surface area contributed by atoms with Gasteiger partial charge in [0.2, 0.25) is 10.0 Å². The smallest absolute Gasteiger partial charge is 0.244 e. The summed E-state index contributed by atoms with van der Waals surface area (Å²) in [7, 11) is -1.56. The van der Waals surface area contributed by atoms with Gasteiger partial charge in [-0.15, -0.1) is 0 Å². The second kappa shape index (κ2) is 8.78. The summed E-state index contributed by atoms with van der Waals surface area (Å²) in [6.45, 7) is 4.89. The molecule has 0 unspecified atom stereocenters. The molecule has 2 aliphatic rings. The Bertz CT molecular complexity index is 1070. The second-order valence-electron chi connectivity index (χ2n) is 7.78. The lowest BCUT2D eigenvalue weighted by Crippen LogP contribution is -2.47. The van der Waals surface area contributed by atoms with Crippen molar-refractivity contribution in [1.82, 2.24) is 14.2 Å². The van der Waals surface area contributed by atoms with E-state index in [-0.39, 0.29) is 10.5 Å². The van der Waals surface area contributed by atoms with Gasteiger partial charge in [-0.2, -0.15) is 9.57 Å². The summed E-state index contributed by atoms with van der Waals surface area (Å²) in [5, 5.41) is 9.27. The standard InChI is InChI=1S/C21H25FN6O2S/c1-25-7-13-28(14-8-25)31(29,30)17-5-6-21(24-16-17)27-11-9-26(10-12-27)20-4-2-3-19(22)18(20)15-23/h2-6,16H,7-14H2,1H3. The molecule has 31 heavy (non-hydrogen) atoms. The van der Waals surface area contributed by atoms with Crippen LogP contribution in [0.15, 0.2) is 41.4 Å². The Morgan fingerprint density at radius 2 is 1.65 bits per heavy atom. The average molecular weight is 445 g/mol. The summed E-state index contributed by atoms with van der Waals surface area (Å²) in [6, 6.07) is 9.96. The molecule has 164 valence electrons. The number of nitriles is 1. The SMILES string of the molecule is CN1CCN(S(=O)(=O)c2ccc(N3CCN(c4cccc(F)c4C#N)CC3)nc2)CC1. The Morgan fingerprint density at radius 1 is 0.968 bits per heavy atom. The van der Waals surface area contributed by atoms with Crippen LogP contribution in [0.3, 0.4) is 0 Å². The van der Waals surface area contributed by atoms with Crippen LogP contribution in [0, 0.1) is 17.1 Å². The highest BCUT2D eigenvalue weighted by Gasteiger charge is 2.28. The third-order valence-corrected chi connectivity index (χ3v) is 7.75. The molecule has 0 bridgehead atoms. The van der Waals surface area contributed by atoms with Gasteiger partial charge in [0.1, 0.15) is 28.2 Å². The number of anilines is 2. The van der Waals surface area contributed by atoms with E-state index in [9.17, 15) is 18.1 Å². The van der Waals surface area contributed by atoms with Gasteiger partial charge in [0.05, 0.1) is 5.69 Å². The van der Waals surface area contributed by atoms with Crippen molar-refractivity contribution < 1.29 is 12.8 Å². The summed E-state index contributed by atoms with van der Waals surface area (Å²) < 4.78 is 41.1. The molecule has 10 heteroatoms. The normalized spacial score (nSPS) is 18.7. The van der Waals surface area contributed by atoms with E-state index in [1.807, 2.05) is 18.0 Å². The fraction of sp³-hybridized carbons (Fsp3) is 0.429. The largest absolute Gasteiger partial charge is 0.367 e. The number of halogens is 1. The number of hydrogen-bond donors (Lipinski definition) is 0. The van der Waals surface area contributed by atoms with Gasteiger partial charge >= 0.3 is 0 Å². The lowest BCUT2D eigenvalue weighted by atomic mass is 10.1. The first-order valence-electron chi connectivity index (χ1n) is 10.2. The quantitative estimate of drug-likeness (QED) is 0.704. The lowest BCUT2D eigenvalue weighted by Gasteiger charge is -2.37. The van der Waals surface area contributed by atoms with Crippen LogP contribution in [0.2, 0.25) is 0 Å². The van der Waals surface area contributed by atoms with Crippen molar-refractivity contribution in [3.63, 3.8) is 0 Å². The van der Waals surface area contributed by atoms with Crippen molar-refractivity contribution >= 4 is 21.5 Å². The second-order valence-corrected chi connectivity index (χ2v) is 9.72. The maximum absolute atomic E-state index is 13.9. The number of nitrogens with zero attached hydrogens (tertiary/aromatic N) is 6. The van der Waals surface area contributed by atoms with Crippen LogP contribution in [0.25, 0.3) is 0 Å². The molecule has 2 aliphatic heterocycles. The molecular weight excluding hydrogens is 419 g/mol. The van der Waals surface area contributed by atoms with Gasteiger partial charge in [-0.25, -0.2) is 17.8 Å². The van der Waals surface area contributed by atoms with Crippen molar-refractivity contribution in [2.24, 2.45) is 0 Å². The molecule has 0 spiro atoms. The average Bonchev–Trinajstić information content (AvgIpc) is 2.79. The molecule has 0 N–H and O–H groups in total. The molecule has 0 atom stereocenters. The molecule has 0 amide bonds. The van der Waals surface area contributed by atoms with Gasteiger partial charge in [-0.3, -0.25) is 0 Å². The van der Waals surface area contributed by atoms with Gasteiger partial charge in [-0.1, -0.05) is 6.07 Å². The summed E-state index contributed by atoms with van der Waals surface area (Å²) in [5.41, 5.74) is 0.663. The van der Waals surface area contributed by atoms with Gasteiger partial charge in [0.25, 0.3) is 0 Å². The van der Waals surface area contributed by atoms with Crippen molar-refractivity contribution in [2.45, 2.75) is 4.90 Å². The van der Waals surface area contributed by atoms with Crippen LogP contribution in [0.1, 0.15) is 5.56 Å². The Hall–Kier alpha value is -2.74. The number of hydrogen-bond acceptors (Lipinski definition) is 7. The molecular formula is C21H25FN6O2S. The Labute approximate surface area is 182 Å². The van der Waals surface area contributed by atoms with E-state index in [4.69, 9.17) is 0 Å². The van der Waals surface area contributed by atoms with Crippen molar-refractivity contribution in [3.05, 3.63) is 47.9 Å². The summed E-state index contributed by atoms with van der Waals surface area (Å²) >= 11 is 0. The van der Waals surface area contributed by atoms with Gasteiger partial charge < -0.3 is 14.7 Å². The molecule has 1 aromatic carbocycles. The molecule has 0 saturated carbocycles. The third-order valence-electron chi connectivity index (χ3n) is 5.87. The van der Waals surface area contributed by atoms with Gasteiger partial charge in [0, 0.05) is 58.6 Å².